The number of aryl methyl sites for hydroxylation is 2. The molecule has 7 nitrogen and oxygen atoms in total. The normalized spacial score (nSPS) is 11.0. The number of rotatable bonds is 8. The van der Waals surface area contributed by atoms with E-state index in [4.69, 9.17) is 4.52 Å². The van der Waals surface area contributed by atoms with Gasteiger partial charge >= 0.3 is 0 Å². The Morgan fingerprint density at radius 2 is 1.94 bits per heavy atom. The first kappa shape index (κ1) is 21.8. The molecule has 1 aromatic carbocycles. The highest BCUT2D eigenvalue weighted by atomic mass is 32.2. The van der Waals surface area contributed by atoms with Crippen molar-refractivity contribution in [1.29, 1.82) is 0 Å². The molecule has 0 atom stereocenters. The van der Waals surface area contributed by atoms with E-state index in [1.54, 1.807) is 18.3 Å². The van der Waals surface area contributed by atoms with Crippen LogP contribution in [-0.4, -0.2) is 25.8 Å². The van der Waals surface area contributed by atoms with Crippen molar-refractivity contribution >= 4 is 17.7 Å². The second-order valence-corrected chi connectivity index (χ2v) is 8.51. The van der Waals surface area contributed by atoms with E-state index in [9.17, 15) is 4.79 Å². The van der Waals surface area contributed by atoms with Crippen LogP contribution >= 0.6 is 11.8 Å². The first-order valence-corrected chi connectivity index (χ1v) is 11.3. The molecule has 0 saturated heterocycles. The van der Waals surface area contributed by atoms with Crippen LogP contribution < -0.4 is 5.32 Å². The van der Waals surface area contributed by atoms with Crippen LogP contribution in [0.25, 0.3) is 0 Å². The van der Waals surface area contributed by atoms with Gasteiger partial charge in [0.05, 0.1) is 23.5 Å². The largest absolute Gasteiger partial charge is 0.361 e. The molecule has 0 aliphatic rings. The summed E-state index contributed by atoms with van der Waals surface area (Å²) in [7, 11) is 0. The molecule has 1 N–H and O–H groups in total. The maximum absolute atomic E-state index is 12.9. The van der Waals surface area contributed by atoms with Gasteiger partial charge in [0.1, 0.15) is 10.8 Å². The lowest BCUT2D eigenvalue weighted by Crippen LogP contribution is -2.24. The number of nitrogens with one attached hydrogen (secondary N) is 1. The van der Waals surface area contributed by atoms with Crippen molar-refractivity contribution in [2.45, 2.75) is 44.6 Å². The molecule has 0 aliphatic heterocycles. The molecule has 0 radical (unpaired) electrons. The fourth-order valence-corrected chi connectivity index (χ4v) is 4.34. The van der Waals surface area contributed by atoms with Crippen LogP contribution in [0.2, 0.25) is 0 Å². The average molecular weight is 448 g/mol. The van der Waals surface area contributed by atoms with Crippen molar-refractivity contribution in [2.24, 2.45) is 0 Å². The van der Waals surface area contributed by atoms with Crippen molar-refractivity contribution in [3.63, 3.8) is 0 Å². The maximum atomic E-state index is 12.9. The number of nitrogens with zero attached hydrogens (tertiary/aromatic N) is 4. The Labute approximate surface area is 191 Å². The Morgan fingerprint density at radius 1 is 1.12 bits per heavy atom. The summed E-state index contributed by atoms with van der Waals surface area (Å²) in [6, 6.07) is 15.7. The predicted octanol–water partition coefficient (Wildman–Crippen LogP) is 4.46. The molecule has 0 spiro atoms. The Kier molecular flexibility index (Phi) is 6.70. The summed E-state index contributed by atoms with van der Waals surface area (Å²) in [4.78, 5) is 17.3. The topological polar surface area (TPSA) is 85.8 Å². The van der Waals surface area contributed by atoms with Crippen molar-refractivity contribution in [3.8, 4) is 0 Å². The predicted molar refractivity (Wildman–Crippen MR) is 123 cm³/mol. The molecule has 0 fully saturated rings. The minimum absolute atomic E-state index is 0.161. The van der Waals surface area contributed by atoms with Gasteiger partial charge in [0.2, 0.25) is 0 Å². The molecule has 0 bridgehead atoms. The molecule has 0 unspecified atom stereocenters. The van der Waals surface area contributed by atoms with E-state index < -0.39 is 0 Å². The number of pyridine rings is 1. The molecule has 1 amide bonds. The van der Waals surface area contributed by atoms with Crippen LogP contribution in [-0.2, 0) is 18.8 Å². The Hall–Kier alpha value is -3.39. The third-order valence-corrected chi connectivity index (χ3v) is 6.22. The number of benzene rings is 1. The van der Waals surface area contributed by atoms with E-state index in [-0.39, 0.29) is 5.91 Å². The zero-order valence-electron chi connectivity index (χ0n) is 18.3. The Balaban J connectivity index is 1.43. The molecule has 4 aromatic rings. The maximum Gasteiger partial charge on any atom is 0.254 e. The zero-order chi connectivity index (χ0) is 22.5. The third kappa shape index (κ3) is 5.08. The first-order chi connectivity index (χ1) is 15.5. The van der Waals surface area contributed by atoms with E-state index in [0.717, 1.165) is 28.4 Å². The van der Waals surface area contributed by atoms with Gasteiger partial charge in [-0.1, -0.05) is 47.3 Å². The first-order valence-electron chi connectivity index (χ1n) is 10.4. The number of amides is 1. The summed E-state index contributed by atoms with van der Waals surface area (Å²) >= 11 is 1.46. The van der Waals surface area contributed by atoms with Gasteiger partial charge in [-0.15, -0.1) is 0 Å². The van der Waals surface area contributed by atoms with Gasteiger partial charge in [-0.2, -0.15) is 5.10 Å². The minimum Gasteiger partial charge on any atom is -0.361 e. The van der Waals surface area contributed by atoms with Gasteiger partial charge in [-0.05, 0) is 38.5 Å². The Bertz CT molecular complexity index is 1220. The van der Waals surface area contributed by atoms with Crippen LogP contribution in [0, 0.1) is 20.8 Å². The van der Waals surface area contributed by atoms with Gasteiger partial charge < -0.3 is 9.84 Å². The fraction of sp³-hybridized carbons (Fsp3) is 0.250. The summed E-state index contributed by atoms with van der Waals surface area (Å²) in [5.41, 5.74) is 5.56. The lowest BCUT2D eigenvalue weighted by Gasteiger charge is -2.09. The SMILES string of the molecule is Cc1cc(CSc2ncccc2C(=O)NCc2c(C)nn(Cc3ccccc3)c2C)no1. The van der Waals surface area contributed by atoms with Gasteiger partial charge in [-0.3, -0.25) is 9.48 Å². The van der Waals surface area contributed by atoms with Crippen LogP contribution in [0.1, 0.15) is 44.3 Å². The number of carbonyl (C=O) groups is 1. The molecule has 32 heavy (non-hydrogen) atoms. The van der Waals surface area contributed by atoms with Crippen LogP contribution in [0.4, 0.5) is 0 Å². The lowest BCUT2D eigenvalue weighted by atomic mass is 10.2. The number of hydrogen-bond acceptors (Lipinski definition) is 6. The second kappa shape index (κ2) is 9.82. The standard InChI is InChI=1S/C24H25N5O2S/c1-16-12-20(28-31-16)15-32-24-21(10-7-11-25-24)23(30)26-13-22-17(2)27-29(18(22)3)14-19-8-5-4-6-9-19/h4-12H,13-15H2,1-3H3,(H,26,30). The molecule has 4 rings (SSSR count). The molecule has 3 heterocycles. The van der Waals surface area contributed by atoms with Gasteiger partial charge in [0.15, 0.2) is 0 Å². The van der Waals surface area contributed by atoms with Gasteiger partial charge in [-0.25, -0.2) is 4.98 Å². The zero-order valence-corrected chi connectivity index (χ0v) is 19.1. The van der Waals surface area contributed by atoms with Gasteiger partial charge in [0, 0.05) is 35.8 Å². The van der Waals surface area contributed by atoms with Crippen LogP contribution in [0.5, 0.6) is 0 Å². The molecule has 0 aliphatic carbocycles. The van der Waals surface area contributed by atoms with Crippen molar-refractivity contribution in [3.05, 3.63) is 94.3 Å². The number of carbonyl (C=O) groups excluding carboxylic acids is 1. The number of thioether (sulfide) groups is 1. The lowest BCUT2D eigenvalue weighted by molar-refractivity contribution is 0.0947. The highest BCUT2D eigenvalue weighted by Gasteiger charge is 2.16. The third-order valence-electron chi connectivity index (χ3n) is 5.18. The molecule has 164 valence electrons. The summed E-state index contributed by atoms with van der Waals surface area (Å²) in [5.74, 6) is 1.18. The van der Waals surface area contributed by atoms with Crippen molar-refractivity contribution < 1.29 is 9.32 Å². The fourth-order valence-electron chi connectivity index (χ4n) is 3.47. The van der Waals surface area contributed by atoms with Crippen molar-refractivity contribution in [2.75, 3.05) is 0 Å². The minimum atomic E-state index is -0.161. The average Bonchev–Trinajstić information content (AvgIpc) is 3.33. The smallest absolute Gasteiger partial charge is 0.254 e. The Morgan fingerprint density at radius 3 is 2.69 bits per heavy atom. The number of hydrogen-bond donors (Lipinski definition) is 1. The molecular formula is C24H25N5O2S. The summed E-state index contributed by atoms with van der Waals surface area (Å²) in [5, 5.41) is 12.4. The molecule has 3 aromatic heterocycles. The van der Waals surface area contributed by atoms with Crippen molar-refractivity contribution in [1.82, 2.24) is 25.2 Å². The van der Waals surface area contributed by atoms with E-state index in [2.05, 4.69) is 32.7 Å². The highest BCUT2D eigenvalue weighted by Crippen LogP contribution is 2.24. The van der Waals surface area contributed by atoms with Gasteiger partial charge in [0.25, 0.3) is 5.91 Å². The molecular weight excluding hydrogens is 422 g/mol. The highest BCUT2D eigenvalue weighted by molar-refractivity contribution is 7.98. The monoisotopic (exact) mass is 447 g/mol. The van der Waals surface area contributed by atoms with E-state index >= 15 is 0 Å². The summed E-state index contributed by atoms with van der Waals surface area (Å²) in [6.07, 6.45) is 1.69. The molecule has 0 saturated carbocycles. The summed E-state index contributed by atoms with van der Waals surface area (Å²) < 4.78 is 7.09. The van der Waals surface area contributed by atoms with E-state index in [0.29, 0.717) is 29.4 Å². The van der Waals surface area contributed by atoms with E-state index in [1.165, 1.54) is 17.3 Å². The number of aromatic nitrogens is 4. The van der Waals surface area contributed by atoms with Crippen LogP contribution in [0.15, 0.2) is 64.3 Å². The molecule has 8 heteroatoms. The second-order valence-electron chi connectivity index (χ2n) is 7.55. The van der Waals surface area contributed by atoms with Crippen LogP contribution in [0.3, 0.4) is 0 Å². The quantitative estimate of drug-likeness (QED) is 0.401. The summed E-state index contributed by atoms with van der Waals surface area (Å²) in [6.45, 7) is 6.98. The van der Waals surface area contributed by atoms with E-state index in [1.807, 2.05) is 49.7 Å².